The summed E-state index contributed by atoms with van der Waals surface area (Å²) in [5.74, 6) is -0.466. The molecule has 0 atom stereocenters. The number of esters is 1. The Morgan fingerprint density at radius 2 is 2.03 bits per heavy atom. The Bertz CT molecular complexity index is 867. The molecule has 2 aromatic heterocycles. The van der Waals surface area contributed by atoms with Crippen LogP contribution in [0.2, 0.25) is 0 Å². The zero-order valence-corrected chi connectivity index (χ0v) is 17.3. The highest BCUT2D eigenvalue weighted by Gasteiger charge is 2.24. The lowest BCUT2D eigenvalue weighted by Gasteiger charge is -2.31. The van der Waals surface area contributed by atoms with Crippen LogP contribution in [0.5, 0.6) is 0 Å². The summed E-state index contributed by atoms with van der Waals surface area (Å²) in [6, 6.07) is 3.46. The molecule has 3 heterocycles. The Balaban J connectivity index is 1.44. The van der Waals surface area contributed by atoms with E-state index in [0.29, 0.717) is 29.4 Å². The number of likely N-dealkylation sites (tertiary alicyclic amines) is 1. The molecule has 0 aliphatic carbocycles. The van der Waals surface area contributed by atoms with E-state index in [0.717, 1.165) is 18.4 Å². The fraction of sp³-hybridized carbons (Fsp3) is 0.450. The van der Waals surface area contributed by atoms with Gasteiger partial charge in [0, 0.05) is 24.7 Å². The van der Waals surface area contributed by atoms with Gasteiger partial charge in [0.05, 0.1) is 25.0 Å². The van der Waals surface area contributed by atoms with E-state index in [1.54, 1.807) is 24.4 Å². The number of ether oxygens (including phenoxy) is 1. The molecule has 0 bridgehead atoms. The van der Waals surface area contributed by atoms with Crippen LogP contribution in [-0.4, -0.2) is 55.0 Å². The van der Waals surface area contributed by atoms with Gasteiger partial charge in [0.2, 0.25) is 5.91 Å². The average molecular weight is 420 g/mol. The van der Waals surface area contributed by atoms with E-state index in [9.17, 15) is 14.4 Å². The molecule has 2 aromatic rings. The molecule has 2 amide bonds. The number of amides is 2. The minimum absolute atomic E-state index is 0.0547. The van der Waals surface area contributed by atoms with Crippen LogP contribution < -0.4 is 10.6 Å². The van der Waals surface area contributed by atoms with Crippen molar-refractivity contribution in [3.8, 4) is 0 Å². The SMILES string of the molecule is CCOC(=O)c1ccsc1NC(=O)CN1CCC(NC(=O)c2occc2C)CC1. The van der Waals surface area contributed by atoms with Crippen LogP contribution in [0.15, 0.2) is 28.2 Å². The van der Waals surface area contributed by atoms with Crippen LogP contribution in [0.1, 0.15) is 46.2 Å². The first kappa shape index (κ1) is 21.1. The van der Waals surface area contributed by atoms with Crippen LogP contribution in [0.3, 0.4) is 0 Å². The van der Waals surface area contributed by atoms with Gasteiger partial charge in [-0.15, -0.1) is 11.3 Å². The summed E-state index contributed by atoms with van der Waals surface area (Å²) in [6.07, 6.45) is 3.02. The summed E-state index contributed by atoms with van der Waals surface area (Å²) < 4.78 is 10.2. The second kappa shape index (κ2) is 9.71. The van der Waals surface area contributed by atoms with Crippen molar-refractivity contribution >= 4 is 34.1 Å². The zero-order chi connectivity index (χ0) is 20.8. The van der Waals surface area contributed by atoms with Gasteiger partial charge < -0.3 is 19.8 Å². The van der Waals surface area contributed by atoms with Crippen LogP contribution in [-0.2, 0) is 9.53 Å². The summed E-state index contributed by atoms with van der Waals surface area (Å²) >= 11 is 1.29. The maximum Gasteiger partial charge on any atom is 0.341 e. The molecule has 2 N–H and O–H groups in total. The molecule has 3 rings (SSSR count). The van der Waals surface area contributed by atoms with Gasteiger partial charge in [0.1, 0.15) is 5.00 Å². The minimum atomic E-state index is -0.438. The number of nitrogens with one attached hydrogen (secondary N) is 2. The maximum absolute atomic E-state index is 12.4. The number of aryl methyl sites for hydroxylation is 1. The fourth-order valence-electron chi connectivity index (χ4n) is 3.24. The number of hydrogen-bond acceptors (Lipinski definition) is 7. The zero-order valence-electron chi connectivity index (χ0n) is 16.5. The third-order valence-corrected chi connectivity index (χ3v) is 5.60. The lowest BCUT2D eigenvalue weighted by Crippen LogP contribution is -2.46. The Labute approximate surface area is 173 Å². The van der Waals surface area contributed by atoms with Crippen LogP contribution in [0, 0.1) is 6.92 Å². The molecule has 156 valence electrons. The Hall–Kier alpha value is -2.65. The van der Waals surface area contributed by atoms with Crippen LogP contribution >= 0.6 is 11.3 Å². The molecule has 29 heavy (non-hydrogen) atoms. The van der Waals surface area contributed by atoms with E-state index in [-0.39, 0.29) is 31.0 Å². The van der Waals surface area contributed by atoms with E-state index in [1.165, 1.54) is 17.6 Å². The van der Waals surface area contributed by atoms with Crippen LogP contribution in [0.25, 0.3) is 0 Å². The van der Waals surface area contributed by atoms with E-state index in [2.05, 4.69) is 10.6 Å². The highest BCUT2D eigenvalue weighted by atomic mass is 32.1. The lowest BCUT2D eigenvalue weighted by molar-refractivity contribution is -0.117. The summed E-state index contributed by atoms with van der Waals surface area (Å²) in [5, 5.41) is 8.05. The molecular weight excluding hydrogens is 394 g/mol. The number of thiophene rings is 1. The van der Waals surface area contributed by atoms with Crippen molar-refractivity contribution in [3.63, 3.8) is 0 Å². The molecule has 0 aromatic carbocycles. The summed E-state index contributed by atoms with van der Waals surface area (Å²) in [7, 11) is 0. The first-order valence-electron chi connectivity index (χ1n) is 9.59. The largest absolute Gasteiger partial charge is 0.462 e. The molecule has 1 aliphatic rings. The van der Waals surface area contributed by atoms with Gasteiger partial charge in [0.15, 0.2) is 5.76 Å². The van der Waals surface area contributed by atoms with E-state index in [1.807, 2.05) is 11.8 Å². The predicted molar refractivity (Wildman–Crippen MR) is 109 cm³/mol. The smallest absolute Gasteiger partial charge is 0.341 e. The minimum Gasteiger partial charge on any atom is -0.462 e. The number of nitrogens with zero attached hydrogens (tertiary/aromatic N) is 1. The fourth-order valence-corrected chi connectivity index (χ4v) is 4.03. The van der Waals surface area contributed by atoms with Gasteiger partial charge in [-0.25, -0.2) is 4.79 Å². The quantitative estimate of drug-likeness (QED) is 0.669. The number of carbonyl (C=O) groups excluding carboxylic acids is 3. The lowest BCUT2D eigenvalue weighted by atomic mass is 10.0. The average Bonchev–Trinajstić information content (AvgIpc) is 3.32. The summed E-state index contributed by atoms with van der Waals surface area (Å²) in [4.78, 5) is 38.6. The molecule has 9 heteroatoms. The van der Waals surface area contributed by atoms with Gasteiger partial charge in [-0.3, -0.25) is 14.5 Å². The first-order chi connectivity index (χ1) is 14.0. The van der Waals surface area contributed by atoms with Gasteiger partial charge in [0.25, 0.3) is 5.91 Å². The van der Waals surface area contributed by atoms with E-state index in [4.69, 9.17) is 9.15 Å². The molecule has 1 fully saturated rings. The Morgan fingerprint density at radius 1 is 1.28 bits per heavy atom. The Morgan fingerprint density at radius 3 is 2.69 bits per heavy atom. The van der Waals surface area contributed by atoms with Gasteiger partial charge in [-0.05, 0) is 44.2 Å². The molecule has 1 saturated heterocycles. The summed E-state index contributed by atoms with van der Waals surface area (Å²) in [6.45, 7) is 5.49. The van der Waals surface area contributed by atoms with Crippen molar-refractivity contribution in [2.24, 2.45) is 0 Å². The van der Waals surface area contributed by atoms with Crippen molar-refractivity contribution < 1.29 is 23.5 Å². The molecule has 0 radical (unpaired) electrons. The number of piperidine rings is 1. The standard InChI is InChI=1S/C20H25N3O5S/c1-3-27-20(26)15-7-11-29-19(15)22-16(24)12-23-8-4-14(5-9-23)21-18(25)17-13(2)6-10-28-17/h6-7,10-11,14H,3-5,8-9,12H2,1-2H3,(H,21,25)(H,22,24). The molecular formula is C20H25N3O5S. The van der Waals surface area contributed by atoms with E-state index < -0.39 is 5.97 Å². The molecule has 0 saturated carbocycles. The first-order valence-corrected chi connectivity index (χ1v) is 10.5. The van der Waals surface area contributed by atoms with Crippen LogP contribution in [0.4, 0.5) is 5.00 Å². The second-order valence-electron chi connectivity index (χ2n) is 6.89. The van der Waals surface area contributed by atoms with Gasteiger partial charge in [-0.1, -0.05) is 0 Å². The molecule has 0 unspecified atom stereocenters. The summed E-state index contributed by atoms with van der Waals surface area (Å²) in [5.41, 5.74) is 1.19. The third-order valence-electron chi connectivity index (χ3n) is 4.77. The van der Waals surface area contributed by atoms with Crippen molar-refractivity contribution in [3.05, 3.63) is 40.7 Å². The second-order valence-corrected chi connectivity index (χ2v) is 7.80. The number of rotatable bonds is 7. The molecule has 8 nitrogen and oxygen atoms in total. The molecule has 1 aliphatic heterocycles. The van der Waals surface area contributed by atoms with Crippen molar-refractivity contribution in [1.82, 2.24) is 10.2 Å². The highest BCUT2D eigenvalue weighted by molar-refractivity contribution is 7.14. The maximum atomic E-state index is 12.4. The van der Waals surface area contributed by atoms with Gasteiger partial charge in [-0.2, -0.15) is 0 Å². The monoisotopic (exact) mass is 419 g/mol. The number of carbonyl (C=O) groups is 3. The number of hydrogen-bond donors (Lipinski definition) is 2. The van der Waals surface area contributed by atoms with E-state index >= 15 is 0 Å². The van der Waals surface area contributed by atoms with Gasteiger partial charge >= 0.3 is 5.97 Å². The predicted octanol–water partition coefficient (Wildman–Crippen LogP) is 2.66. The normalized spacial score (nSPS) is 15.1. The molecule has 0 spiro atoms. The Kier molecular flexibility index (Phi) is 7.05. The highest BCUT2D eigenvalue weighted by Crippen LogP contribution is 2.24. The topological polar surface area (TPSA) is 101 Å². The van der Waals surface area contributed by atoms with Crippen molar-refractivity contribution in [2.45, 2.75) is 32.7 Å². The number of furan rings is 1. The third kappa shape index (κ3) is 5.45. The van der Waals surface area contributed by atoms with Crippen molar-refractivity contribution in [1.29, 1.82) is 0 Å². The van der Waals surface area contributed by atoms with Crippen molar-refractivity contribution in [2.75, 3.05) is 31.6 Å². The number of anilines is 1.